The van der Waals surface area contributed by atoms with Gasteiger partial charge in [-0.1, -0.05) is 30.3 Å². The summed E-state index contributed by atoms with van der Waals surface area (Å²) in [6, 6.07) is 14.6. The van der Waals surface area contributed by atoms with Gasteiger partial charge in [-0.05, 0) is 29.8 Å². The Balaban J connectivity index is 1.54. The van der Waals surface area contributed by atoms with Crippen molar-refractivity contribution in [3.05, 3.63) is 76.8 Å². The lowest BCUT2D eigenvalue weighted by atomic mass is 10.1. The Hall–Kier alpha value is -3.24. The van der Waals surface area contributed by atoms with Gasteiger partial charge in [0.25, 0.3) is 10.0 Å². The van der Waals surface area contributed by atoms with E-state index in [4.69, 9.17) is 5.73 Å². The van der Waals surface area contributed by atoms with Gasteiger partial charge in [0.05, 0.1) is 17.0 Å². The summed E-state index contributed by atoms with van der Waals surface area (Å²) >= 11 is 1.11. The fourth-order valence-corrected chi connectivity index (χ4v) is 4.41. The number of amides is 2. The summed E-state index contributed by atoms with van der Waals surface area (Å²) in [6.07, 6.45) is 0.0168. The van der Waals surface area contributed by atoms with E-state index >= 15 is 0 Å². The third-order valence-corrected chi connectivity index (χ3v) is 6.19. The number of rotatable bonds is 8. The molecule has 0 fully saturated rings. The van der Waals surface area contributed by atoms with Crippen LogP contribution in [0.1, 0.15) is 21.6 Å². The zero-order chi connectivity index (χ0) is 20.9. The Labute approximate surface area is 171 Å². The molecule has 3 aromatic rings. The molecule has 0 aliphatic heterocycles. The first kappa shape index (κ1) is 20.5. The van der Waals surface area contributed by atoms with Gasteiger partial charge in [-0.25, -0.2) is 13.4 Å². The molecule has 1 heterocycles. The van der Waals surface area contributed by atoms with Gasteiger partial charge in [0.2, 0.25) is 11.8 Å². The fraction of sp³-hybridized carbons (Fsp3) is 0.105. The van der Waals surface area contributed by atoms with Crippen LogP contribution >= 0.6 is 11.3 Å². The van der Waals surface area contributed by atoms with Crippen molar-refractivity contribution in [1.29, 1.82) is 0 Å². The largest absolute Gasteiger partial charge is 0.366 e. The van der Waals surface area contributed by atoms with Crippen LogP contribution in [0.2, 0.25) is 0 Å². The quantitative estimate of drug-likeness (QED) is 0.502. The summed E-state index contributed by atoms with van der Waals surface area (Å²) in [6.45, 7) is 0.287. The Kier molecular flexibility index (Phi) is 6.25. The maximum absolute atomic E-state index is 12.3. The molecule has 0 saturated carbocycles. The van der Waals surface area contributed by atoms with Gasteiger partial charge in [0, 0.05) is 17.5 Å². The molecule has 0 aliphatic carbocycles. The number of aromatic nitrogens is 1. The molecule has 150 valence electrons. The highest BCUT2D eigenvalue weighted by atomic mass is 32.2. The van der Waals surface area contributed by atoms with Crippen LogP contribution in [0, 0.1) is 0 Å². The van der Waals surface area contributed by atoms with Crippen molar-refractivity contribution in [3.63, 3.8) is 0 Å². The summed E-state index contributed by atoms with van der Waals surface area (Å²) < 4.78 is 27.0. The van der Waals surface area contributed by atoms with E-state index in [9.17, 15) is 18.0 Å². The second kappa shape index (κ2) is 8.84. The van der Waals surface area contributed by atoms with E-state index in [0.29, 0.717) is 11.3 Å². The Morgan fingerprint density at radius 2 is 1.72 bits per heavy atom. The standard InChI is InChI=1S/C19H18N4O4S2/c20-18(25)14-8-6-13(7-9-14)11-21-17(24)10-15-12-28-19(22-15)23-29(26,27)16-4-2-1-3-5-16/h1-9,12H,10-11H2,(H2,20,25)(H,21,24)(H,22,23). The van der Waals surface area contributed by atoms with Gasteiger partial charge in [-0.2, -0.15) is 0 Å². The summed E-state index contributed by atoms with van der Waals surface area (Å²) in [4.78, 5) is 27.5. The van der Waals surface area contributed by atoms with E-state index in [1.165, 1.54) is 12.1 Å². The minimum atomic E-state index is -3.72. The van der Waals surface area contributed by atoms with E-state index in [1.54, 1.807) is 47.8 Å². The lowest BCUT2D eigenvalue weighted by Crippen LogP contribution is -2.24. The highest BCUT2D eigenvalue weighted by Crippen LogP contribution is 2.20. The van der Waals surface area contributed by atoms with Crippen LogP contribution in [-0.2, 0) is 27.8 Å². The minimum Gasteiger partial charge on any atom is -0.366 e. The van der Waals surface area contributed by atoms with Crippen LogP contribution in [0.5, 0.6) is 0 Å². The molecule has 2 aromatic carbocycles. The number of nitrogens with two attached hydrogens (primary N) is 1. The second-order valence-corrected chi connectivity index (χ2v) is 8.62. The number of thiazole rings is 1. The summed E-state index contributed by atoms with van der Waals surface area (Å²) in [5, 5.41) is 4.57. The van der Waals surface area contributed by atoms with Crippen LogP contribution in [0.15, 0.2) is 64.9 Å². The number of hydrogen-bond acceptors (Lipinski definition) is 6. The van der Waals surface area contributed by atoms with Crippen molar-refractivity contribution in [2.45, 2.75) is 17.9 Å². The zero-order valence-electron chi connectivity index (χ0n) is 15.2. The van der Waals surface area contributed by atoms with Gasteiger partial charge in [-0.15, -0.1) is 11.3 Å². The van der Waals surface area contributed by atoms with Crippen LogP contribution in [0.25, 0.3) is 0 Å². The molecule has 0 atom stereocenters. The maximum atomic E-state index is 12.3. The summed E-state index contributed by atoms with van der Waals surface area (Å²) in [5.41, 5.74) is 6.86. The van der Waals surface area contributed by atoms with E-state index in [0.717, 1.165) is 16.9 Å². The molecular weight excluding hydrogens is 412 g/mol. The first-order valence-corrected chi connectivity index (χ1v) is 10.9. The molecule has 10 heteroatoms. The molecule has 4 N–H and O–H groups in total. The number of benzene rings is 2. The molecule has 29 heavy (non-hydrogen) atoms. The van der Waals surface area contributed by atoms with Crippen molar-refractivity contribution in [2.75, 3.05) is 4.72 Å². The number of anilines is 1. The number of carbonyl (C=O) groups excluding carboxylic acids is 2. The van der Waals surface area contributed by atoms with Gasteiger partial charge >= 0.3 is 0 Å². The summed E-state index contributed by atoms with van der Waals surface area (Å²) in [7, 11) is -3.72. The average Bonchev–Trinajstić information content (AvgIpc) is 3.13. The third-order valence-electron chi connectivity index (χ3n) is 3.90. The molecular formula is C19H18N4O4S2. The number of nitrogens with zero attached hydrogens (tertiary/aromatic N) is 1. The number of primary amides is 1. The van der Waals surface area contributed by atoms with Gasteiger partial charge in [0.15, 0.2) is 5.13 Å². The van der Waals surface area contributed by atoms with Crippen LogP contribution < -0.4 is 15.8 Å². The Morgan fingerprint density at radius 3 is 2.38 bits per heavy atom. The molecule has 0 unspecified atom stereocenters. The molecule has 0 saturated heterocycles. The van der Waals surface area contributed by atoms with E-state index < -0.39 is 15.9 Å². The highest BCUT2D eigenvalue weighted by molar-refractivity contribution is 7.93. The van der Waals surface area contributed by atoms with E-state index in [1.807, 2.05) is 0 Å². The third kappa shape index (κ3) is 5.62. The van der Waals surface area contributed by atoms with E-state index in [2.05, 4.69) is 15.0 Å². The first-order chi connectivity index (χ1) is 13.8. The molecule has 0 radical (unpaired) electrons. The maximum Gasteiger partial charge on any atom is 0.263 e. The normalized spacial score (nSPS) is 11.0. The molecule has 0 spiro atoms. The minimum absolute atomic E-state index is 0.0168. The van der Waals surface area contributed by atoms with Crippen molar-refractivity contribution < 1.29 is 18.0 Å². The van der Waals surface area contributed by atoms with Crippen LogP contribution in [0.3, 0.4) is 0 Å². The molecule has 2 amide bonds. The zero-order valence-corrected chi connectivity index (χ0v) is 16.8. The van der Waals surface area contributed by atoms with Gasteiger partial charge in [0.1, 0.15) is 0 Å². The number of nitrogens with one attached hydrogen (secondary N) is 2. The SMILES string of the molecule is NC(=O)c1ccc(CNC(=O)Cc2csc(NS(=O)(=O)c3ccccc3)n2)cc1. The van der Waals surface area contributed by atoms with Crippen LogP contribution in [-0.4, -0.2) is 25.2 Å². The van der Waals surface area contributed by atoms with Gasteiger partial charge in [-0.3, -0.25) is 14.3 Å². The molecule has 1 aromatic heterocycles. The Morgan fingerprint density at radius 1 is 1.03 bits per heavy atom. The summed E-state index contributed by atoms with van der Waals surface area (Å²) in [5.74, 6) is -0.769. The molecule has 8 nitrogen and oxygen atoms in total. The number of carbonyl (C=O) groups is 2. The van der Waals surface area contributed by atoms with Crippen molar-refractivity contribution in [2.24, 2.45) is 5.73 Å². The van der Waals surface area contributed by atoms with Crippen LogP contribution in [0.4, 0.5) is 5.13 Å². The topological polar surface area (TPSA) is 131 Å². The predicted octanol–water partition coefficient (Wildman–Crippen LogP) is 1.90. The Bertz CT molecular complexity index is 1110. The van der Waals surface area contributed by atoms with Crippen molar-refractivity contribution >= 4 is 38.3 Å². The monoisotopic (exact) mass is 430 g/mol. The molecule has 0 bridgehead atoms. The van der Waals surface area contributed by atoms with E-state index in [-0.39, 0.29) is 28.9 Å². The first-order valence-electron chi connectivity index (χ1n) is 8.51. The lowest BCUT2D eigenvalue weighted by molar-refractivity contribution is -0.120. The molecule has 3 rings (SSSR count). The average molecular weight is 431 g/mol. The van der Waals surface area contributed by atoms with Crippen molar-refractivity contribution in [3.8, 4) is 0 Å². The second-order valence-electron chi connectivity index (χ2n) is 6.08. The lowest BCUT2D eigenvalue weighted by Gasteiger charge is -2.05. The highest BCUT2D eigenvalue weighted by Gasteiger charge is 2.16. The number of hydrogen-bond donors (Lipinski definition) is 3. The van der Waals surface area contributed by atoms with Crippen molar-refractivity contribution in [1.82, 2.24) is 10.3 Å². The smallest absolute Gasteiger partial charge is 0.263 e. The molecule has 0 aliphatic rings. The number of sulfonamides is 1. The fourth-order valence-electron chi connectivity index (χ4n) is 2.42. The van der Waals surface area contributed by atoms with Gasteiger partial charge < -0.3 is 11.1 Å². The predicted molar refractivity (Wildman–Crippen MR) is 110 cm³/mol.